The van der Waals surface area contributed by atoms with Crippen molar-refractivity contribution in [2.45, 2.75) is 32.7 Å². The number of fused-ring (bicyclic) bond motifs is 1. The quantitative estimate of drug-likeness (QED) is 0.767. The van der Waals surface area contributed by atoms with Crippen LogP contribution in [0.3, 0.4) is 0 Å². The van der Waals surface area contributed by atoms with Gasteiger partial charge >= 0.3 is 0 Å². The van der Waals surface area contributed by atoms with Crippen LogP contribution in [0.1, 0.15) is 45.5 Å². The number of amides is 1. The molecule has 0 aliphatic carbocycles. The number of hydrogen-bond acceptors (Lipinski definition) is 3. The fourth-order valence-electron chi connectivity index (χ4n) is 3.32. The third kappa shape index (κ3) is 2.55. The first kappa shape index (κ1) is 14.5. The van der Waals surface area contributed by atoms with Crippen LogP contribution in [0.2, 0.25) is 0 Å². The van der Waals surface area contributed by atoms with Gasteiger partial charge < -0.3 is 9.88 Å². The number of nitrogens with zero attached hydrogens (tertiary/aromatic N) is 2. The number of likely N-dealkylation sites (tertiary alicyclic amines) is 1. The average Bonchev–Trinajstić information content (AvgIpc) is 3.23. The number of aromatic nitrogens is 2. The van der Waals surface area contributed by atoms with Crippen molar-refractivity contribution in [2.24, 2.45) is 0 Å². The summed E-state index contributed by atoms with van der Waals surface area (Å²) in [5.74, 6) is 1.02. The molecule has 2 aromatic heterocycles. The van der Waals surface area contributed by atoms with E-state index in [-0.39, 0.29) is 11.9 Å². The molecular formula is C18H19N3OS. The maximum absolute atomic E-state index is 12.8. The minimum absolute atomic E-state index is 0.0513. The SMILES string of the molecule is Cc1ccc2nc([C@H]3CCCN3C(=O)c3csc(C)c3)[nH]c2c1. The Morgan fingerprint density at radius 2 is 2.22 bits per heavy atom. The number of aryl methyl sites for hydroxylation is 2. The molecule has 1 aliphatic rings. The number of hydrogen-bond donors (Lipinski definition) is 1. The van der Waals surface area contributed by atoms with Gasteiger partial charge in [0.15, 0.2) is 0 Å². The summed E-state index contributed by atoms with van der Waals surface area (Å²) < 4.78 is 0. The van der Waals surface area contributed by atoms with Crippen molar-refractivity contribution in [3.8, 4) is 0 Å². The molecule has 5 heteroatoms. The predicted octanol–water partition coefficient (Wildman–Crippen LogP) is 4.22. The van der Waals surface area contributed by atoms with Gasteiger partial charge in [-0.25, -0.2) is 4.98 Å². The fourth-order valence-corrected chi connectivity index (χ4v) is 3.99. The first-order valence-corrected chi connectivity index (χ1v) is 8.82. The first-order valence-electron chi connectivity index (χ1n) is 7.94. The van der Waals surface area contributed by atoms with Crippen LogP contribution in [-0.2, 0) is 0 Å². The smallest absolute Gasteiger partial charge is 0.255 e. The molecule has 1 aromatic carbocycles. The minimum atomic E-state index is 0.0513. The highest BCUT2D eigenvalue weighted by Crippen LogP contribution is 2.33. The van der Waals surface area contributed by atoms with E-state index in [1.54, 1.807) is 11.3 Å². The maximum atomic E-state index is 12.8. The Morgan fingerprint density at radius 1 is 1.35 bits per heavy atom. The molecule has 23 heavy (non-hydrogen) atoms. The molecule has 1 saturated heterocycles. The number of benzene rings is 1. The molecule has 1 fully saturated rings. The van der Waals surface area contributed by atoms with Crippen LogP contribution < -0.4 is 0 Å². The standard InChI is InChI=1S/C18H19N3OS/c1-11-5-6-14-15(8-11)20-17(19-14)16-4-3-7-21(16)18(22)13-9-12(2)23-10-13/h5-6,8-10,16H,3-4,7H2,1-2H3,(H,19,20)/t16-/m1/s1. The van der Waals surface area contributed by atoms with E-state index < -0.39 is 0 Å². The molecule has 1 amide bonds. The molecule has 3 aromatic rings. The summed E-state index contributed by atoms with van der Waals surface area (Å²) in [4.78, 5) is 24.1. The summed E-state index contributed by atoms with van der Waals surface area (Å²) >= 11 is 1.62. The Hall–Kier alpha value is -2.14. The lowest BCUT2D eigenvalue weighted by Gasteiger charge is -2.22. The highest BCUT2D eigenvalue weighted by molar-refractivity contribution is 7.10. The van der Waals surface area contributed by atoms with Gasteiger partial charge in [-0.15, -0.1) is 11.3 Å². The third-order valence-electron chi connectivity index (χ3n) is 4.46. The normalized spacial score (nSPS) is 18.0. The third-order valence-corrected chi connectivity index (χ3v) is 5.32. The van der Waals surface area contributed by atoms with Crippen molar-refractivity contribution in [3.05, 3.63) is 51.5 Å². The largest absolute Gasteiger partial charge is 0.340 e. The molecule has 4 nitrogen and oxygen atoms in total. The van der Waals surface area contributed by atoms with E-state index in [0.29, 0.717) is 0 Å². The van der Waals surface area contributed by atoms with E-state index in [1.807, 2.05) is 29.3 Å². The van der Waals surface area contributed by atoms with Gasteiger partial charge in [-0.1, -0.05) is 6.07 Å². The van der Waals surface area contributed by atoms with E-state index in [4.69, 9.17) is 4.98 Å². The predicted molar refractivity (Wildman–Crippen MR) is 92.9 cm³/mol. The van der Waals surface area contributed by atoms with Crippen molar-refractivity contribution >= 4 is 28.3 Å². The summed E-state index contributed by atoms with van der Waals surface area (Å²) in [6.45, 7) is 4.91. The Labute approximate surface area is 139 Å². The van der Waals surface area contributed by atoms with Crippen molar-refractivity contribution < 1.29 is 4.79 Å². The number of thiophene rings is 1. The van der Waals surface area contributed by atoms with Crippen LogP contribution in [0.4, 0.5) is 0 Å². The highest BCUT2D eigenvalue weighted by atomic mass is 32.1. The Kier molecular flexibility index (Phi) is 3.45. The highest BCUT2D eigenvalue weighted by Gasteiger charge is 2.32. The Morgan fingerprint density at radius 3 is 3.00 bits per heavy atom. The molecule has 1 N–H and O–H groups in total. The second kappa shape index (κ2) is 5.49. The molecule has 0 unspecified atom stereocenters. The number of carbonyl (C=O) groups is 1. The van der Waals surface area contributed by atoms with Gasteiger partial charge in [-0.3, -0.25) is 4.79 Å². The minimum Gasteiger partial charge on any atom is -0.340 e. The number of H-pyrrole nitrogens is 1. The van der Waals surface area contributed by atoms with E-state index in [0.717, 1.165) is 41.8 Å². The molecule has 0 radical (unpaired) electrons. The summed E-state index contributed by atoms with van der Waals surface area (Å²) in [5.41, 5.74) is 4.02. The van der Waals surface area contributed by atoms with E-state index in [9.17, 15) is 4.79 Å². The average molecular weight is 325 g/mol. The zero-order chi connectivity index (χ0) is 16.0. The molecule has 118 valence electrons. The molecule has 4 rings (SSSR count). The van der Waals surface area contributed by atoms with E-state index in [2.05, 4.69) is 24.0 Å². The van der Waals surface area contributed by atoms with Crippen LogP contribution in [0.5, 0.6) is 0 Å². The number of nitrogens with one attached hydrogen (secondary N) is 1. The van der Waals surface area contributed by atoms with Crippen molar-refractivity contribution in [1.29, 1.82) is 0 Å². The molecule has 1 aliphatic heterocycles. The van der Waals surface area contributed by atoms with Gasteiger partial charge in [0.1, 0.15) is 5.82 Å². The molecule has 1 atom stereocenters. The topological polar surface area (TPSA) is 49.0 Å². The van der Waals surface area contributed by atoms with Crippen LogP contribution in [0.15, 0.2) is 29.6 Å². The van der Waals surface area contributed by atoms with Gasteiger partial charge in [0, 0.05) is 16.8 Å². The van der Waals surface area contributed by atoms with Crippen LogP contribution in [0.25, 0.3) is 11.0 Å². The van der Waals surface area contributed by atoms with Crippen LogP contribution >= 0.6 is 11.3 Å². The first-order chi connectivity index (χ1) is 11.1. The van der Waals surface area contributed by atoms with Gasteiger partial charge in [0.2, 0.25) is 0 Å². The Balaban J connectivity index is 1.67. The molecule has 0 spiro atoms. The second-order valence-electron chi connectivity index (χ2n) is 6.25. The molecule has 0 saturated carbocycles. The van der Waals surface area contributed by atoms with Crippen molar-refractivity contribution in [3.63, 3.8) is 0 Å². The summed E-state index contributed by atoms with van der Waals surface area (Å²) in [6.07, 6.45) is 1.99. The van der Waals surface area contributed by atoms with Crippen molar-refractivity contribution in [2.75, 3.05) is 6.54 Å². The lowest BCUT2D eigenvalue weighted by atomic mass is 10.2. The number of rotatable bonds is 2. The molecule has 3 heterocycles. The fraction of sp³-hybridized carbons (Fsp3) is 0.333. The van der Waals surface area contributed by atoms with Crippen LogP contribution in [-0.4, -0.2) is 27.3 Å². The second-order valence-corrected chi connectivity index (χ2v) is 7.36. The van der Waals surface area contributed by atoms with Gasteiger partial charge in [-0.05, 0) is 50.5 Å². The van der Waals surface area contributed by atoms with Gasteiger partial charge in [0.25, 0.3) is 5.91 Å². The summed E-state index contributed by atoms with van der Waals surface area (Å²) in [5, 5.41) is 1.95. The summed E-state index contributed by atoms with van der Waals surface area (Å²) in [6, 6.07) is 8.24. The lowest BCUT2D eigenvalue weighted by molar-refractivity contribution is 0.0731. The zero-order valence-corrected chi connectivity index (χ0v) is 14.1. The number of aromatic amines is 1. The Bertz CT molecular complexity index is 879. The summed E-state index contributed by atoms with van der Waals surface area (Å²) in [7, 11) is 0. The van der Waals surface area contributed by atoms with E-state index in [1.165, 1.54) is 10.4 Å². The molecular weight excluding hydrogens is 306 g/mol. The van der Waals surface area contributed by atoms with Gasteiger partial charge in [0.05, 0.1) is 22.6 Å². The monoisotopic (exact) mass is 325 g/mol. The number of carbonyl (C=O) groups excluding carboxylic acids is 1. The number of imidazole rings is 1. The lowest BCUT2D eigenvalue weighted by Crippen LogP contribution is -2.30. The van der Waals surface area contributed by atoms with Crippen molar-refractivity contribution in [1.82, 2.24) is 14.9 Å². The zero-order valence-electron chi connectivity index (χ0n) is 13.3. The maximum Gasteiger partial charge on any atom is 0.255 e. The van der Waals surface area contributed by atoms with Crippen LogP contribution in [0, 0.1) is 13.8 Å². The van der Waals surface area contributed by atoms with Gasteiger partial charge in [-0.2, -0.15) is 0 Å². The van der Waals surface area contributed by atoms with E-state index >= 15 is 0 Å². The molecule has 0 bridgehead atoms.